The molecular weight excluding hydrogens is 409 g/mol. The average molecular weight is 442 g/mol. The molecule has 0 spiro atoms. The van der Waals surface area contributed by atoms with Crippen LogP contribution in [-0.2, 0) is 25.9 Å². The Labute approximate surface area is 178 Å². The number of piperidine rings is 1. The van der Waals surface area contributed by atoms with Crippen LogP contribution in [0.15, 0.2) is 23.1 Å². The number of halogens is 1. The van der Waals surface area contributed by atoms with E-state index >= 15 is 0 Å². The summed E-state index contributed by atoms with van der Waals surface area (Å²) in [5, 5.41) is 0. The van der Waals surface area contributed by atoms with Gasteiger partial charge in [0.25, 0.3) is 0 Å². The van der Waals surface area contributed by atoms with E-state index in [0.29, 0.717) is 29.9 Å². The summed E-state index contributed by atoms with van der Waals surface area (Å²) in [6.45, 7) is 7.97. The molecule has 1 saturated carbocycles. The summed E-state index contributed by atoms with van der Waals surface area (Å²) >= 11 is 0. The van der Waals surface area contributed by atoms with E-state index in [4.69, 9.17) is 9.47 Å². The minimum Gasteiger partial charge on any atom is -0.444 e. The maximum Gasteiger partial charge on any atom is 0.410 e. The number of carbonyl (C=O) groups excluding carboxylic acids is 1. The van der Waals surface area contributed by atoms with Crippen molar-refractivity contribution < 1.29 is 27.1 Å². The second-order valence-corrected chi connectivity index (χ2v) is 11.5. The van der Waals surface area contributed by atoms with Gasteiger partial charge in [0.1, 0.15) is 16.3 Å². The number of amides is 1. The van der Waals surface area contributed by atoms with Crippen molar-refractivity contribution in [3.8, 4) is 0 Å². The van der Waals surface area contributed by atoms with Crippen LogP contribution in [0.1, 0.15) is 45.6 Å². The van der Waals surface area contributed by atoms with Crippen LogP contribution in [0.3, 0.4) is 0 Å². The highest BCUT2D eigenvalue weighted by Gasteiger charge is 2.44. The van der Waals surface area contributed by atoms with Crippen molar-refractivity contribution in [3.63, 3.8) is 0 Å². The fraction of sp³-hybridized carbons (Fsp3) is 0.682. The summed E-state index contributed by atoms with van der Waals surface area (Å²) in [7, 11) is -3.56. The Bertz CT molecular complexity index is 872. The molecule has 3 rings (SSSR count). The highest BCUT2D eigenvalue weighted by atomic mass is 32.2. The number of likely N-dealkylation sites (tertiary alicyclic amines) is 1. The second kappa shape index (κ2) is 8.83. The van der Waals surface area contributed by atoms with E-state index in [1.807, 2.05) is 20.8 Å². The van der Waals surface area contributed by atoms with Gasteiger partial charge in [-0.25, -0.2) is 17.6 Å². The molecule has 1 saturated heterocycles. The Morgan fingerprint density at radius 2 is 1.90 bits per heavy atom. The van der Waals surface area contributed by atoms with Gasteiger partial charge in [0.2, 0.25) is 0 Å². The molecule has 1 heterocycles. The monoisotopic (exact) mass is 441 g/mol. The van der Waals surface area contributed by atoms with Gasteiger partial charge in [-0.1, -0.05) is 6.07 Å². The fourth-order valence-corrected chi connectivity index (χ4v) is 4.87. The molecule has 0 aromatic heterocycles. The maximum absolute atomic E-state index is 14.0. The van der Waals surface area contributed by atoms with Gasteiger partial charge in [0, 0.05) is 19.3 Å². The molecule has 1 aliphatic carbocycles. The summed E-state index contributed by atoms with van der Waals surface area (Å²) in [6.07, 6.45) is 3.85. The average Bonchev–Trinajstić information content (AvgIpc) is 3.39. The summed E-state index contributed by atoms with van der Waals surface area (Å²) in [6, 6.07) is 4.12. The third-order valence-corrected chi connectivity index (χ3v) is 6.90. The highest BCUT2D eigenvalue weighted by Crippen LogP contribution is 2.48. The van der Waals surface area contributed by atoms with Gasteiger partial charge in [-0.2, -0.15) is 0 Å². The molecular formula is C22H32FNO5S. The Morgan fingerprint density at radius 1 is 1.23 bits per heavy atom. The molecule has 1 aromatic carbocycles. The van der Waals surface area contributed by atoms with Crippen molar-refractivity contribution in [3.05, 3.63) is 29.6 Å². The molecule has 2 fully saturated rings. The van der Waals surface area contributed by atoms with Crippen molar-refractivity contribution in [1.29, 1.82) is 0 Å². The van der Waals surface area contributed by atoms with E-state index in [0.717, 1.165) is 38.6 Å². The van der Waals surface area contributed by atoms with Gasteiger partial charge in [-0.3, -0.25) is 0 Å². The van der Waals surface area contributed by atoms with Crippen molar-refractivity contribution in [2.45, 2.75) is 57.1 Å². The van der Waals surface area contributed by atoms with E-state index in [-0.39, 0.29) is 17.6 Å². The standard InChI is InChI=1S/C22H32FNO5S/c1-22(2,3)29-21(25)24-9-7-16(8-10-24)18-12-17(18)14-28-13-15-5-6-20(19(23)11-15)30(4,26)27/h5-6,11,16-18H,7-10,12-14H2,1-4H3. The molecule has 30 heavy (non-hydrogen) atoms. The SMILES string of the molecule is CC(C)(C)OC(=O)N1CCC(C2CC2COCc2ccc(S(C)(=O)=O)c(F)c2)CC1. The molecule has 168 valence electrons. The predicted octanol–water partition coefficient (Wildman–Crippen LogP) is 4.03. The minimum absolute atomic E-state index is 0.231. The fourth-order valence-electron chi connectivity index (χ4n) is 4.14. The number of ether oxygens (including phenoxy) is 2. The zero-order valence-electron chi connectivity index (χ0n) is 18.2. The van der Waals surface area contributed by atoms with E-state index in [1.165, 1.54) is 12.1 Å². The smallest absolute Gasteiger partial charge is 0.410 e. The molecule has 2 unspecified atom stereocenters. The molecule has 1 aromatic rings. The lowest BCUT2D eigenvalue weighted by molar-refractivity contribution is 0.0170. The molecule has 1 amide bonds. The van der Waals surface area contributed by atoms with Crippen LogP contribution < -0.4 is 0 Å². The molecule has 2 atom stereocenters. The first-order valence-corrected chi connectivity index (χ1v) is 12.4. The number of rotatable bonds is 6. The lowest BCUT2D eigenvalue weighted by atomic mass is 9.91. The Morgan fingerprint density at radius 3 is 2.47 bits per heavy atom. The van der Waals surface area contributed by atoms with Crippen LogP contribution in [-0.4, -0.2) is 51.0 Å². The number of hydrogen-bond donors (Lipinski definition) is 0. The van der Waals surface area contributed by atoms with Crippen molar-refractivity contribution >= 4 is 15.9 Å². The van der Waals surface area contributed by atoms with E-state index in [1.54, 1.807) is 11.0 Å². The van der Waals surface area contributed by atoms with Crippen LogP contribution in [0.2, 0.25) is 0 Å². The lowest BCUT2D eigenvalue weighted by Crippen LogP contribution is -2.42. The summed E-state index contributed by atoms with van der Waals surface area (Å²) < 4.78 is 48.1. The zero-order chi connectivity index (χ0) is 22.1. The molecule has 1 aliphatic heterocycles. The summed E-state index contributed by atoms with van der Waals surface area (Å²) in [4.78, 5) is 13.7. The Kier molecular flexibility index (Phi) is 6.77. The Balaban J connectivity index is 1.38. The quantitative estimate of drug-likeness (QED) is 0.666. The molecule has 8 heteroatoms. The van der Waals surface area contributed by atoms with E-state index < -0.39 is 21.3 Å². The van der Waals surface area contributed by atoms with Crippen molar-refractivity contribution in [1.82, 2.24) is 4.90 Å². The normalized spacial score (nSPS) is 22.8. The van der Waals surface area contributed by atoms with Gasteiger partial charge < -0.3 is 14.4 Å². The van der Waals surface area contributed by atoms with Crippen LogP contribution in [0.4, 0.5) is 9.18 Å². The van der Waals surface area contributed by atoms with E-state index in [9.17, 15) is 17.6 Å². The number of hydrogen-bond acceptors (Lipinski definition) is 5. The molecule has 2 aliphatic rings. The first-order valence-electron chi connectivity index (χ1n) is 10.5. The first kappa shape index (κ1) is 23.0. The topological polar surface area (TPSA) is 72.9 Å². The van der Waals surface area contributed by atoms with E-state index in [2.05, 4.69) is 0 Å². The predicted molar refractivity (Wildman–Crippen MR) is 111 cm³/mol. The highest BCUT2D eigenvalue weighted by molar-refractivity contribution is 7.90. The number of carbonyl (C=O) groups is 1. The van der Waals surface area contributed by atoms with Gasteiger partial charge in [0.15, 0.2) is 9.84 Å². The second-order valence-electron chi connectivity index (χ2n) is 9.52. The number of nitrogens with zero attached hydrogens (tertiary/aromatic N) is 1. The number of benzene rings is 1. The third kappa shape index (κ3) is 6.17. The summed E-state index contributed by atoms with van der Waals surface area (Å²) in [5.41, 5.74) is 0.156. The molecule has 0 radical (unpaired) electrons. The van der Waals surface area contributed by atoms with Crippen molar-refractivity contribution in [2.24, 2.45) is 17.8 Å². The zero-order valence-corrected chi connectivity index (χ0v) is 19.0. The molecule has 0 N–H and O–H groups in total. The first-order chi connectivity index (χ1) is 13.9. The molecule has 0 bridgehead atoms. The van der Waals surface area contributed by atoms with Crippen LogP contribution in [0.5, 0.6) is 0 Å². The van der Waals surface area contributed by atoms with Gasteiger partial charge in [-0.15, -0.1) is 0 Å². The molecule has 6 nitrogen and oxygen atoms in total. The van der Waals surface area contributed by atoms with Gasteiger partial charge in [-0.05, 0) is 75.5 Å². The van der Waals surface area contributed by atoms with Gasteiger partial charge in [0.05, 0.1) is 13.2 Å². The van der Waals surface area contributed by atoms with Crippen LogP contribution in [0.25, 0.3) is 0 Å². The Hall–Kier alpha value is -1.67. The number of sulfone groups is 1. The van der Waals surface area contributed by atoms with Gasteiger partial charge >= 0.3 is 6.09 Å². The van der Waals surface area contributed by atoms with Crippen LogP contribution >= 0.6 is 0 Å². The van der Waals surface area contributed by atoms with Crippen molar-refractivity contribution in [2.75, 3.05) is 26.0 Å². The summed E-state index contributed by atoms with van der Waals surface area (Å²) in [5.74, 6) is 0.988. The maximum atomic E-state index is 14.0. The van der Waals surface area contributed by atoms with Crippen LogP contribution in [0, 0.1) is 23.6 Å². The largest absolute Gasteiger partial charge is 0.444 e. The lowest BCUT2D eigenvalue weighted by Gasteiger charge is -2.33. The third-order valence-electron chi connectivity index (χ3n) is 5.77. The minimum atomic E-state index is -3.56.